The highest BCUT2D eigenvalue weighted by atomic mass is 35.5. The van der Waals surface area contributed by atoms with Gasteiger partial charge in [0.15, 0.2) is 0 Å². The van der Waals surface area contributed by atoms with Crippen molar-refractivity contribution in [3.63, 3.8) is 0 Å². The number of aryl methyl sites for hydroxylation is 1. The first kappa shape index (κ1) is 17.7. The van der Waals surface area contributed by atoms with Crippen molar-refractivity contribution < 1.29 is 14.3 Å². The Bertz CT molecular complexity index is 579. The number of nitrogens with two attached hydrogens (primary N) is 1. The Morgan fingerprint density at radius 3 is 2.87 bits per heavy atom. The third kappa shape index (κ3) is 3.65. The van der Waals surface area contributed by atoms with Gasteiger partial charge in [-0.3, -0.25) is 14.3 Å². The van der Waals surface area contributed by atoms with E-state index in [1.807, 2.05) is 0 Å². The summed E-state index contributed by atoms with van der Waals surface area (Å²) in [5, 5.41) is 6.86. The van der Waals surface area contributed by atoms with Gasteiger partial charge in [0.25, 0.3) is 0 Å². The van der Waals surface area contributed by atoms with Crippen LogP contribution in [0.2, 0.25) is 0 Å². The smallest absolute Gasteiger partial charge is 0.249 e. The molecule has 0 saturated carbocycles. The molecule has 2 amide bonds. The zero-order chi connectivity index (χ0) is 15.7. The SMILES string of the molecule is Cl.Cn1cc(N2CCC(NC(=O)[C@@H]3CC[C@H](CN)O3)C2=O)cn1. The average molecular weight is 344 g/mol. The molecule has 0 spiro atoms. The summed E-state index contributed by atoms with van der Waals surface area (Å²) in [6.07, 6.45) is 4.92. The van der Waals surface area contributed by atoms with Gasteiger partial charge in [0.1, 0.15) is 12.1 Å². The molecule has 0 bridgehead atoms. The van der Waals surface area contributed by atoms with E-state index in [0.29, 0.717) is 25.9 Å². The van der Waals surface area contributed by atoms with Crippen LogP contribution >= 0.6 is 12.4 Å². The van der Waals surface area contributed by atoms with Crippen LogP contribution in [-0.4, -0.2) is 52.9 Å². The fourth-order valence-electron chi connectivity index (χ4n) is 2.95. The number of ether oxygens (including phenoxy) is 1. The quantitative estimate of drug-likeness (QED) is 0.772. The van der Waals surface area contributed by atoms with Gasteiger partial charge in [0.05, 0.1) is 18.0 Å². The van der Waals surface area contributed by atoms with E-state index >= 15 is 0 Å². The van der Waals surface area contributed by atoms with Gasteiger partial charge in [0, 0.05) is 26.3 Å². The van der Waals surface area contributed by atoms with E-state index in [9.17, 15) is 9.59 Å². The number of hydrogen-bond acceptors (Lipinski definition) is 5. The number of carbonyl (C=O) groups is 2. The largest absolute Gasteiger partial charge is 0.364 e. The predicted octanol–water partition coefficient (Wildman–Crippen LogP) is -0.430. The third-order valence-corrected chi connectivity index (χ3v) is 4.19. The van der Waals surface area contributed by atoms with Gasteiger partial charge in [-0.1, -0.05) is 0 Å². The molecule has 0 radical (unpaired) electrons. The standard InChI is InChI=1S/C14H21N5O3.ClH/c1-18-8-9(7-16-18)19-5-4-11(14(19)21)17-13(20)12-3-2-10(6-15)22-12;/h7-8,10-12H,2-6,15H2,1H3,(H,17,20);1H/t10-,11?,12+;/m1./s1. The van der Waals surface area contributed by atoms with Crippen molar-refractivity contribution in [2.24, 2.45) is 12.8 Å². The first-order valence-corrected chi connectivity index (χ1v) is 7.54. The van der Waals surface area contributed by atoms with Crippen molar-refractivity contribution in [2.75, 3.05) is 18.0 Å². The van der Waals surface area contributed by atoms with Crippen molar-refractivity contribution in [1.82, 2.24) is 15.1 Å². The number of aromatic nitrogens is 2. The Morgan fingerprint density at radius 1 is 1.48 bits per heavy atom. The van der Waals surface area contributed by atoms with Crippen molar-refractivity contribution >= 4 is 29.9 Å². The molecule has 3 heterocycles. The molecule has 2 aliphatic heterocycles. The highest BCUT2D eigenvalue weighted by Crippen LogP contribution is 2.22. The topological polar surface area (TPSA) is 102 Å². The van der Waals surface area contributed by atoms with Crippen molar-refractivity contribution in [2.45, 2.75) is 37.5 Å². The molecule has 3 rings (SSSR count). The lowest BCUT2D eigenvalue weighted by Gasteiger charge is -2.17. The highest BCUT2D eigenvalue weighted by molar-refractivity contribution is 6.01. The van der Waals surface area contributed by atoms with E-state index in [1.54, 1.807) is 29.0 Å². The Balaban J connectivity index is 0.00000192. The summed E-state index contributed by atoms with van der Waals surface area (Å²) >= 11 is 0. The molecule has 8 nitrogen and oxygen atoms in total. The summed E-state index contributed by atoms with van der Waals surface area (Å²) < 4.78 is 7.20. The molecule has 2 aliphatic rings. The van der Waals surface area contributed by atoms with Crippen LogP contribution in [0, 0.1) is 0 Å². The van der Waals surface area contributed by atoms with Gasteiger partial charge < -0.3 is 20.7 Å². The molecule has 128 valence electrons. The minimum atomic E-state index is -0.492. The Labute approximate surface area is 140 Å². The Hall–Kier alpha value is -1.64. The maximum atomic E-state index is 12.4. The lowest BCUT2D eigenvalue weighted by molar-refractivity contribution is -0.134. The minimum Gasteiger partial charge on any atom is -0.364 e. The summed E-state index contributed by atoms with van der Waals surface area (Å²) in [4.78, 5) is 26.2. The number of nitrogens with one attached hydrogen (secondary N) is 1. The van der Waals surface area contributed by atoms with Gasteiger partial charge in [0.2, 0.25) is 11.8 Å². The van der Waals surface area contributed by atoms with Crippen molar-refractivity contribution in [1.29, 1.82) is 0 Å². The number of amides is 2. The van der Waals surface area contributed by atoms with Crippen LogP contribution in [0.1, 0.15) is 19.3 Å². The number of rotatable bonds is 4. The maximum Gasteiger partial charge on any atom is 0.249 e. The number of carbonyl (C=O) groups excluding carboxylic acids is 2. The molecule has 2 saturated heterocycles. The second-order valence-electron chi connectivity index (χ2n) is 5.77. The van der Waals surface area contributed by atoms with E-state index in [2.05, 4.69) is 10.4 Å². The molecule has 23 heavy (non-hydrogen) atoms. The molecule has 0 aliphatic carbocycles. The summed E-state index contributed by atoms with van der Waals surface area (Å²) in [5.41, 5.74) is 6.30. The summed E-state index contributed by atoms with van der Waals surface area (Å²) in [5.74, 6) is -0.322. The summed E-state index contributed by atoms with van der Waals surface area (Å²) in [6.45, 7) is 0.993. The maximum absolute atomic E-state index is 12.4. The monoisotopic (exact) mass is 343 g/mol. The lowest BCUT2D eigenvalue weighted by atomic mass is 10.1. The van der Waals surface area contributed by atoms with Crippen LogP contribution in [0.3, 0.4) is 0 Å². The Morgan fingerprint density at radius 2 is 2.26 bits per heavy atom. The van der Waals surface area contributed by atoms with E-state index in [0.717, 1.165) is 12.1 Å². The van der Waals surface area contributed by atoms with Crippen molar-refractivity contribution in [3.05, 3.63) is 12.4 Å². The molecule has 1 aromatic rings. The number of anilines is 1. The first-order valence-electron chi connectivity index (χ1n) is 7.54. The fraction of sp³-hybridized carbons (Fsp3) is 0.643. The molecule has 0 aromatic carbocycles. The summed E-state index contributed by atoms with van der Waals surface area (Å²) in [6, 6.07) is -0.492. The number of halogens is 1. The van der Waals surface area contributed by atoms with Crippen LogP contribution in [0.25, 0.3) is 0 Å². The second-order valence-corrected chi connectivity index (χ2v) is 5.77. The van der Waals surface area contributed by atoms with E-state index in [-0.39, 0.29) is 30.3 Å². The van der Waals surface area contributed by atoms with Gasteiger partial charge in [-0.05, 0) is 19.3 Å². The average Bonchev–Trinajstić information content (AvgIpc) is 3.20. The Kier molecular flexibility index (Phi) is 5.61. The normalized spacial score (nSPS) is 27.1. The van der Waals surface area contributed by atoms with E-state index in [1.165, 1.54) is 0 Å². The zero-order valence-electron chi connectivity index (χ0n) is 13.0. The summed E-state index contributed by atoms with van der Waals surface area (Å²) in [7, 11) is 1.80. The van der Waals surface area contributed by atoms with Gasteiger partial charge in [-0.2, -0.15) is 5.10 Å². The molecular formula is C14H22ClN5O3. The molecule has 1 aromatic heterocycles. The zero-order valence-corrected chi connectivity index (χ0v) is 13.8. The molecule has 1 unspecified atom stereocenters. The third-order valence-electron chi connectivity index (χ3n) is 4.19. The molecular weight excluding hydrogens is 322 g/mol. The number of hydrogen-bond donors (Lipinski definition) is 2. The van der Waals surface area contributed by atoms with Crippen LogP contribution in [0.4, 0.5) is 5.69 Å². The van der Waals surface area contributed by atoms with Crippen LogP contribution < -0.4 is 16.0 Å². The first-order chi connectivity index (χ1) is 10.6. The number of nitrogens with zero attached hydrogens (tertiary/aromatic N) is 3. The van der Waals surface area contributed by atoms with Crippen LogP contribution in [0.15, 0.2) is 12.4 Å². The predicted molar refractivity (Wildman–Crippen MR) is 86.3 cm³/mol. The molecule has 9 heteroatoms. The highest BCUT2D eigenvalue weighted by Gasteiger charge is 2.37. The molecule has 2 fully saturated rings. The minimum absolute atomic E-state index is 0. The van der Waals surface area contributed by atoms with Crippen LogP contribution in [0.5, 0.6) is 0 Å². The molecule has 3 atom stereocenters. The lowest BCUT2D eigenvalue weighted by Crippen LogP contribution is -2.45. The van der Waals surface area contributed by atoms with Gasteiger partial charge in [-0.15, -0.1) is 12.4 Å². The molecule has 3 N–H and O–H groups in total. The van der Waals surface area contributed by atoms with Gasteiger partial charge >= 0.3 is 0 Å². The van der Waals surface area contributed by atoms with Crippen LogP contribution in [-0.2, 0) is 21.4 Å². The van der Waals surface area contributed by atoms with E-state index < -0.39 is 12.1 Å². The second kappa shape index (κ2) is 7.29. The van der Waals surface area contributed by atoms with E-state index in [4.69, 9.17) is 10.5 Å². The van der Waals surface area contributed by atoms with Gasteiger partial charge in [-0.25, -0.2) is 0 Å². The van der Waals surface area contributed by atoms with Crippen molar-refractivity contribution in [3.8, 4) is 0 Å². The fourth-order valence-corrected chi connectivity index (χ4v) is 2.95.